The van der Waals surface area contributed by atoms with Gasteiger partial charge in [-0.3, -0.25) is 9.59 Å². The molecule has 2 atom stereocenters. The van der Waals surface area contributed by atoms with Crippen LogP contribution < -0.4 is 4.90 Å². The van der Waals surface area contributed by atoms with Crippen LogP contribution in [0, 0.1) is 5.92 Å². The Morgan fingerprint density at radius 3 is 2.34 bits per heavy atom. The summed E-state index contributed by atoms with van der Waals surface area (Å²) < 4.78 is 0. The number of piperazine rings is 1. The van der Waals surface area contributed by atoms with Crippen molar-refractivity contribution in [3.8, 4) is 0 Å². The fourth-order valence-electron chi connectivity index (χ4n) is 4.32. The quantitative estimate of drug-likeness (QED) is 0.772. The number of benzene rings is 2. The summed E-state index contributed by atoms with van der Waals surface area (Å²) in [5.74, 6) is -0.0881. The first-order chi connectivity index (χ1) is 14.0. The fourth-order valence-corrected chi connectivity index (χ4v) is 4.57. The van der Waals surface area contributed by atoms with E-state index in [1.54, 1.807) is 0 Å². The minimum atomic E-state index is -0.250. The van der Waals surface area contributed by atoms with E-state index in [1.807, 2.05) is 71.3 Å². The van der Waals surface area contributed by atoms with Crippen molar-refractivity contribution in [3.05, 3.63) is 65.2 Å². The van der Waals surface area contributed by atoms with E-state index in [-0.39, 0.29) is 23.8 Å². The third-order valence-corrected chi connectivity index (χ3v) is 6.36. The average Bonchev–Trinajstić information content (AvgIpc) is 3.15. The zero-order chi connectivity index (χ0) is 20.4. The Hall–Kier alpha value is -2.53. The lowest BCUT2D eigenvalue weighted by Crippen LogP contribution is -2.50. The van der Waals surface area contributed by atoms with Crippen LogP contribution in [0.2, 0.25) is 5.02 Å². The molecule has 0 N–H and O–H groups in total. The Morgan fingerprint density at radius 1 is 1.00 bits per heavy atom. The predicted octanol–water partition coefficient (Wildman–Crippen LogP) is 3.60. The number of hydrogen-bond donors (Lipinski definition) is 0. The molecular weight excluding hydrogens is 386 g/mol. The number of carbonyl (C=O) groups is 2. The van der Waals surface area contributed by atoms with Gasteiger partial charge in [-0.05, 0) is 24.6 Å². The largest absolute Gasteiger partial charge is 0.367 e. The van der Waals surface area contributed by atoms with Crippen LogP contribution in [0.5, 0.6) is 0 Å². The van der Waals surface area contributed by atoms with Crippen LogP contribution in [0.3, 0.4) is 0 Å². The van der Waals surface area contributed by atoms with Crippen LogP contribution in [-0.4, -0.2) is 54.3 Å². The van der Waals surface area contributed by atoms with E-state index in [1.165, 1.54) is 0 Å². The van der Waals surface area contributed by atoms with Gasteiger partial charge in [0.25, 0.3) is 0 Å². The smallest absolute Gasteiger partial charge is 0.228 e. The molecule has 2 fully saturated rings. The van der Waals surface area contributed by atoms with E-state index >= 15 is 0 Å². The van der Waals surface area contributed by atoms with Gasteiger partial charge in [0.15, 0.2) is 0 Å². The van der Waals surface area contributed by atoms with Crippen molar-refractivity contribution in [2.24, 2.45) is 5.92 Å². The summed E-state index contributed by atoms with van der Waals surface area (Å²) in [5.41, 5.74) is 2.11. The van der Waals surface area contributed by atoms with Crippen LogP contribution in [0.4, 0.5) is 5.69 Å². The molecular formula is C23H26ClN3O2. The highest BCUT2D eigenvalue weighted by molar-refractivity contribution is 6.33. The second-order valence-corrected chi connectivity index (χ2v) is 8.20. The highest BCUT2D eigenvalue weighted by atomic mass is 35.5. The lowest BCUT2D eigenvalue weighted by atomic mass is 10.1. The molecule has 0 aromatic heterocycles. The zero-order valence-corrected chi connectivity index (χ0v) is 17.4. The van der Waals surface area contributed by atoms with Gasteiger partial charge < -0.3 is 14.7 Å². The van der Waals surface area contributed by atoms with Crippen LogP contribution >= 0.6 is 11.6 Å². The first-order valence-corrected chi connectivity index (χ1v) is 10.5. The van der Waals surface area contributed by atoms with Crippen molar-refractivity contribution in [2.75, 3.05) is 37.6 Å². The fraction of sp³-hybridized carbons (Fsp3) is 0.391. The summed E-state index contributed by atoms with van der Waals surface area (Å²) in [5, 5.41) is 0.735. The lowest BCUT2D eigenvalue weighted by Gasteiger charge is -2.37. The molecule has 0 spiro atoms. The van der Waals surface area contributed by atoms with E-state index in [0.29, 0.717) is 26.1 Å². The molecule has 0 bridgehead atoms. The summed E-state index contributed by atoms with van der Waals surface area (Å²) >= 11 is 6.31. The molecule has 0 radical (unpaired) electrons. The summed E-state index contributed by atoms with van der Waals surface area (Å²) in [7, 11) is 0. The van der Waals surface area contributed by atoms with Crippen LogP contribution in [0.25, 0.3) is 0 Å². The van der Waals surface area contributed by atoms with E-state index in [9.17, 15) is 9.59 Å². The number of amides is 2. The van der Waals surface area contributed by atoms with Crippen molar-refractivity contribution < 1.29 is 9.59 Å². The van der Waals surface area contributed by atoms with E-state index in [0.717, 1.165) is 29.4 Å². The molecule has 2 aromatic carbocycles. The molecule has 152 valence electrons. The average molecular weight is 412 g/mol. The molecule has 2 heterocycles. The van der Waals surface area contributed by atoms with Crippen molar-refractivity contribution in [1.82, 2.24) is 9.80 Å². The van der Waals surface area contributed by atoms with Gasteiger partial charge in [0.05, 0.1) is 22.7 Å². The number of halogens is 1. The monoisotopic (exact) mass is 411 g/mol. The van der Waals surface area contributed by atoms with Gasteiger partial charge in [-0.2, -0.15) is 0 Å². The van der Waals surface area contributed by atoms with Crippen LogP contribution in [-0.2, 0) is 9.59 Å². The molecule has 2 aliphatic heterocycles. The highest BCUT2D eigenvalue weighted by Crippen LogP contribution is 2.30. The SMILES string of the molecule is C[C@H](c1ccccc1)N1C[C@H](C(=O)N2CCN(c3ccccc3Cl)CC2)CC1=O. The molecule has 29 heavy (non-hydrogen) atoms. The summed E-state index contributed by atoms with van der Waals surface area (Å²) in [4.78, 5) is 31.6. The topological polar surface area (TPSA) is 43.9 Å². The zero-order valence-electron chi connectivity index (χ0n) is 16.6. The maximum Gasteiger partial charge on any atom is 0.228 e. The summed E-state index contributed by atoms with van der Waals surface area (Å²) in [6, 6.07) is 17.8. The molecule has 0 unspecified atom stereocenters. The molecule has 2 saturated heterocycles. The molecule has 4 rings (SSSR count). The molecule has 2 aliphatic rings. The molecule has 6 heteroatoms. The van der Waals surface area contributed by atoms with Gasteiger partial charge in [0, 0.05) is 39.1 Å². The van der Waals surface area contributed by atoms with Crippen molar-refractivity contribution in [1.29, 1.82) is 0 Å². The highest BCUT2D eigenvalue weighted by Gasteiger charge is 2.39. The minimum Gasteiger partial charge on any atom is -0.367 e. The lowest BCUT2D eigenvalue weighted by molar-refractivity contribution is -0.136. The number of rotatable bonds is 4. The maximum atomic E-state index is 13.1. The van der Waals surface area contributed by atoms with Crippen LogP contribution in [0.1, 0.15) is 24.9 Å². The van der Waals surface area contributed by atoms with Gasteiger partial charge >= 0.3 is 0 Å². The number of nitrogens with zero attached hydrogens (tertiary/aromatic N) is 3. The van der Waals surface area contributed by atoms with Crippen molar-refractivity contribution in [2.45, 2.75) is 19.4 Å². The number of para-hydroxylation sites is 1. The van der Waals surface area contributed by atoms with Gasteiger partial charge in [0.1, 0.15) is 0 Å². The molecule has 5 nitrogen and oxygen atoms in total. The summed E-state index contributed by atoms with van der Waals surface area (Å²) in [6.07, 6.45) is 0.306. The van der Waals surface area contributed by atoms with Crippen molar-refractivity contribution in [3.63, 3.8) is 0 Å². The Labute approximate surface area is 176 Å². The number of carbonyl (C=O) groups excluding carboxylic acids is 2. The third kappa shape index (κ3) is 4.10. The van der Waals surface area contributed by atoms with Crippen LogP contribution in [0.15, 0.2) is 54.6 Å². The van der Waals surface area contributed by atoms with Gasteiger partial charge in [-0.25, -0.2) is 0 Å². The van der Waals surface area contributed by atoms with Gasteiger partial charge in [-0.15, -0.1) is 0 Å². The molecule has 2 amide bonds. The van der Waals surface area contributed by atoms with E-state index in [4.69, 9.17) is 11.6 Å². The van der Waals surface area contributed by atoms with E-state index < -0.39 is 0 Å². The minimum absolute atomic E-state index is 0.0152. The summed E-state index contributed by atoms with van der Waals surface area (Å²) in [6.45, 7) is 5.34. The van der Waals surface area contributed by atoms with Crippen molar-refractivity contribution >= 4 is 29.1 Å². The maximum absolute atomic E-state index is 13.1. The molecule has 2 aromatic rings. The second-order valence-electron chi connectivity index (χ2n) is 7.80. The molecule has 0 aliphatic carbocycles. The molecule has 0 saturated carbocycles. The normalized spacial score (nSPS) is 20.8. The Morgan fingerprint density at radius 2 is 1.66 bits per heavy atom. The second kappa shape index (κ2) is 8.46. The Balaban J connectivity index is 1.36. The standard InChI is InChI=1S/C23H26ClN3O2/c1-17(18-7-3-2-4-8-18)27-16-19(15-22(27)28)23(29)26-13-11-25(12-14-26)21-10-6-5-9-20(21)24/h2-10,17,19H,11-16H2,1H3/t17-,19-/m1/s1. The Bertz CT molecular complexity index is 881. The number of hydrogen-bond acceptors (Lipinski definition) is 3. The number of anilines is 1. The third-order valence-electron chi connectivity index (χ3n) is 6.04. The first-order valence-electron chi connectivity index (χ1n) is 10.2. The van der Waals surface area contributed by atoms with Gasteiger partial charge in [0.2, 0.25) is 11.8 Å². The van der Waals surface area contributed by atoms with E-state index in [2.05, 4.69) is 4.90 Å². The number of likely N-dealkylation sites (tertiary alicyclic amines) is 1. The van der Waals surface area contributed by atoms with Gasteiger partial charge in [-0.1, -0.05) is 54.1 Å². The predicted molar refractivity (Wildman–Crippen MR) is 115 cm³/mol. The first kappa shape index (κ1) is 19.8. The Kier molecular flexibility index (Phi) is 5.76.